The third kappa shape index (κ3) is 3.94. The monoisotopic (exact) mass is 244 g/mol. The molecule has 3 heteroatoms. The van der Waals surface area contributed by atoms with E-state index in [0.29, 0.717) is 6.04 Å². The first kappa shape index (κ1) is 14.3. The zero-order valence-corrected chi connectivity index (χ0v) is 12.1. The summed E-state index contributed by atoms with van der Waals surface area (Å²) in [6, 6.07) is 2.19. The van der Waals surface area contributed by atoms with Crippen molar-refractivity contribution in [3.05, 3.63) is 0 Å². The van der Waals surface area contributed by atoms with Gasteiger partial charge in [-0.15, -0.1) is 0 Å². The highest BCUT2D eigenvalue weighted by molar-refractivity contribution is 7.98. The van der Waals surface area contributed by atoms with E-state index in [1.165, 1.54) is 31.6 Å². The molecule has 0 radical (unpaired) electrons. The van der Waals surface area contributed by atoms with Gasteiger partial charge in [0.2, 0.25) is 0 Å². The van der Waals surface area contributed by atoms with Gasteiger partial charge in [0.25, 0.3) is 0 Å². The first-order valence-corrected chi connectivity index (χ1v) is 8.10. The maximum Gasteiger partial charge on any atom is 0.0196 e. The van der Waals surface area contributed by atoms with Crippen LogP contribution in [0.2, 0.25) is 0 Å². The molecule has 0 saturated carbocycles. The smallest absolute Gasteiger partial charge is 0.0196 e. The van der Waals surface area contributed by atoms with Gasteiger partial charge in [-0.1, -0.05) is 20.3 Å². The molecule has 3 unspecified atom stereocenters. The summed E-state index contributed by atoms with van der Waals surface area (Å²) in [4.78, 5) is 2.73. The molecule has 1 heterocycles. The Hall–Kier alpha value is 0.270. The van der Waals surface area contributed by atoms with Gasteiger partial charge >= 0.3 is 0 Å². The predicted molar refractivity (Wildman–Crippen MR) is 75.3 cm³/mol. The molecule has 0 aliphatic carbocycles. The van der Waals surface area contributed by atoms with Crippen LogP contribution in [0, 0.1) is 0 Å². The number of rotatable bonds is 6. The van der Waals surface area contributed by atoms with Crippen LogP contribution in [0.25, 0.3) is 0 Å². The average Bonchev–Trinajstić information content (AvgIpc) is 2.29. The molecule has 0 amide bonds. The Balaban J connectivity index is 2.52. The maximum absolute atomic E-state index is 3.67. The minimum Gasteiger partial charge on any atom is -0.311 e. The molecule has 96 valence electrons. The van der Waals surface area contributed by atoms with Crippen LogP contribution < -0.4 is 5.32 Å². The fourth-order valence-corrected chi connectivity index (χ4v) is 3.46. The van der Waals surface area contributed by atoms with Crippen molar-refractivity contribution in [1.29, 1.82) is 0 Å². The number of nitrogens with one attached hydrogen (secondary N) is 1. The van der Waals surface area contributed by atoms with Gasteiger partial charge in [-0.05, 0) is 26.0 Å². The highest BCUT2D eigenvalue weighted by Crippen LogP contribution is 2.18. The van der Waals surface area contributed by atoms with Gasteiger partial charge in [-0.3, -0.25) is 4.90 Å². The highest BCUT2D eigenvalue weighted by Gasteiger charge is 2.28. The van der Waals surface area contributed by atoms with E-state index in [9.17, 15) is 0 Å². The molecule has 0 bridgehead atoms. The Labute approximate surface area is 106 Å². The van der Waals surface area contributed by atoms with E-state index in [4.69, 9.17) is 0 Å². The molecule has 16 heavy (non-hydrogen) atoms. The Kier molecular flexibility index (Phi) is 6.78. The summed E-state index contributed by atoms with van der Waals surface area (Å²) in [6.45, 7) is 9.37. The van der Waals surface area contributed by atoms with Crippen LogP contribution in [-0.2, 0) is 0 Å². The molecule has 0 spiro atoms. The van der Waals surface area contributed by atoms with E-state index in [0.717, 1.165) is 18.6 Å². The molecule has 1 N–H and O–H groups in total. The predicted octanol–water partition coefficient (Wildman–Crippen LogP) is 2.59. The van der Waals surface area contributed by atoms with Crippen LogP contribution >= 0.6 is 11.8 Å². The zero-order valence-electron chi connectivity index (χ0n) is 11.3. The van der Waals surface area contributed by atoms with Gasteiger partial charge in [0, 0.05) is 37.0 Å². The second-order valence-electron chi connectivity index (χ2n) is 4.96. The summed E-state index contributed by atoms with van der Waals surface area (Å²) in [5.41, 5.74) is 0. The van der Waals surface area contributed by atoms with Crippen LogP contribution in [0.4, 0.5) is 0 Å². The quantitative estimate of drug-likeness (QED) is 0.773. The largest absolute Gasteiger partial charge is 0.311 e. The van der Waals surface area contributed by atoms with Gasteiger partial charge in [0.15, 0.2) is 0 Å². The lowest BCUT2D eigenvalue weighted by atomic mass is 10.0. The second-order valence-corrected chi connectivity index (χ2v) is 5.87. The standard InChI is InChI=1S/C13H28N2S/c1-5-7-12-9-15(11(3)8-14-12)13(6-2)10-16-4/h11-14H,5-10H2,1-4H3. The van der Waals surface area contributed by atoms with E-state index >= 15 is 0 Å². The molecule has 0 aromatic carbocycles. The zero-order chi connectivity index (χ0) is 12.0. The van der Waals surface area contributed by atoms with Crippen molar-refractivity contribution in [3.63, 3.8) is 0 Å². The average molecular weight is 244 g/mol. The molecule has 3 atom stereocenters. The molecule has 1 aliphatic rings. The summed E-state index contributed by atoms with van der Waals surface area (Å²) in [6.07, 6.45) is 6.11. The lowest BCUT2D eigenvalue weighted by Gasteiger charge is -2.43. The summed E-state index contributed by atoms with van der Waals surface area (Å²) < 4.78 is 0. The third-order valence-corrected chi connectivity index (χ3v) is 4.35. The molecule has 1 rings (SSSR count). The molecule has 1 saturated heterocycles. The van der Waals surface area contributed by atoms with Gasteiger partial charge in [0.05, 0.1) is 0 Å². The normalized spacial score (nSPS) is 29.2. The molecule has 0 aromatic rings. The minimum absolute atomic E-state index is 0.699. The van der Waals surface area contributed by atoms with Gasteiger partial charge in [-0.25, -0.2) is 0 Å². The van der Waals surface area contributed by atoms with Gasteiger partial charge < -0.3 is 5.32 Å². The van der Waals surface area contributed by atoms with E-state index in [1.807, 2.05) is 11.8 Å². The molecule has 1 aliphatic heterocycles. The molecule has 1 fully saturated rings. The highest BCUT2D eigenvalue weighted by atomic mass is 32.2. The van der Waals surface area contributed by atoms with E-state index < -0.39 is 0 Å². The number of hydrogen-bond acceptors (Lipinski definition) is 3. The van der Waals surface area contributed by atoms with E-state index in [2.05, 4.69) is 37.2 Å². The van der Waals surface area contributed by atoms with Crippen molar-refractivity contribution in [2.75, 3.05) is 25.1 Å². The summed E-state index contributed by atoms with van der Waals surface area (Å²) >= 11 is 1.98. The van der Waals surface area contributed by atoms with Gasteiger partial charge in [0.1, 0.15) is 0 Å². The summed E-state index contributed by atoms with van der Waals surface area (Å²) in [5.74, 6) is 1.28. The van der Waals surface area contributed by atoms with Crippen LogP contribution in [0.15, 0.2) is 0 Å². The van der Waals surface area contributed by atoms with Crippen molar-refractivity contribution in [1.82, 2.24) is 10.2 Å². The first-order chi connectivity index (χ1) is 7.72. The third-order valence-electron chi connectivity index (χ3n) is 3.64. The number of hydrogen-bond donors (Lipinski definition) is 1. The summed E-state index contributed by atoms with van der Waals surface area (Å²) in [5, 5.41) is 3.67. The number of nitrogens with zero attached hydrogens (tertiary/aromatic N) is 1. The van der Waals surface area contributed by atoms with Crippen molar-refractivity contribution in [2.45, 2.75) is 58.2 Å². The van der Waals surface area contributed by atoms with Crippen molar-refractivity contribution in [2.24, 2.45) is 0 Å². The van der Waals surface area contributed by atoms with Crippen LogP contribution in [0.1, 0.15) is 40.0 Å². The van der Waals surface area contributed by atoms with Gasteiger partial charge in [-0.2, -0.15) is 11.8 Å². The lowest BCUT2D eigenvalue weighted by molar-refractivity contribution is 0.0961. The fourth-order valence-electron chi connectivity index (χ4n) is 2.64. The molecular formula is C13H28N2S. The Morgan fingerprint density at radius 2 is 2.19 bits per heavy atom. The van der Waals surface area contributed by atoms with E-state index in [-0.39, 0.29) is 0 Å². The van der Waals surface area contributed by atoms with Crippen LogP contribution in [0.5, 0.6) is 0 Å². The lowest BCUT2D eigenvalue weighted by Crippen LogP contribution is -2.58. The van der Waals surface area contributed by atoms with Crippen molar-refractivity contribution in [3.8, 4) is 0 Å². The number of thioether (sulfide) groups is 1. The Bertz CT molecular complexity index is 187. The molecular weight excluding hydrogens is 216 g/mol. The second kappa shape index (κ2) is 7.57. The van der Waals surface area contributed by atoms with Crippen molar-refractivity contribution < 1.29 is 0 Å². The SMILES string of the molecule is CCCC1CN(C(CC)CSC)C(C)CN1. The molecule has 2 nitrogen and oxygen atoms in total. The van der Waals surface area contributed by atoms with Crippen molar-refractivity contribution >= 4 is 11.8 Å². The summed E-state index contributed by atoms with van der Waals surface area (Å²) in [7, 11) is 0. The van der Waals surface area contributed by atoms with E-state index in [1.54, 1.807) is 0 Å². The molecule has 0 aromatic heterocycles. The first-order valence-electron chi connectivity index (χ1n) is 6.70. The topological polar surface area (TPSA) is 15.3 Å². The van der Waals surface area contributed by atoms with Crippen LogP contribution in [0.3, 0.4) is 0 Å². The minimum atomic E-state index is 0.699. The maximum atomic E-state index is 3.67. The Morgan fingerprint density at radius 3 is 2.75 bits per heavy atom. The van der Waals surface area contributed by atoms with Crippen LogP contribution in [-0.4, -0.2) is 48.1 Å². The fraction of sp³-hybridized carbons (Fsp3) is 1.00. The Morgan fingerprint density at radius 1 is 1.44 bits per heavy atom. The number of piperazine rings is 1.